The van der Waals surface area contributed by atoms with Crippen LogP contribution in [0, 0.1) is 0 Å². The Morgan fingerprint density at radius 3 is 3.06 bits per heavy atom. The van der Waals surface area contributed by atoms with E-state index in [4.69, 9.17) is 0 Å². The molecule has 1 aromatic rings. The highest BCUT2D eigenvalue weighted by molar-refractivity contribution is 5.33. The Morgan fingerprint density at radius 1 is 1.38 bits per heavy atom. The van der Waals surface area contributed by atoms with Crippen molar-refractivity contribution in [1.29, 1.82) is 0 Å². The Labute approximate surface area is 97.6 Å². The number of nitrogens with one attached hydrogen (secondary N) is 1. The summed E-state index contributed by atoms with van der Waals surface area (Å²) in [4.78, 5) is 2.52. The van der Waals surface area contributed by atoms with Crippen LogP contribution in [0.5, 0.6) is 0 Å². The molecule has 0 radical (unpaired) electrons. The number of fused-ring (bicyclic) bond motifs is 1. The number of hydrogen-bond donors (Lipinski definition) is 1. The molecule has 2 nitrogen and oxygen atoms in total. The van der Waals surface area contributed by atoms with E-state index in [1.807, 2.05) is 0 Å². The molecule has 3 rings (SSSR count). The Kier molecular flexibility index (Phi) is 2.70. The lowest BCUT2D eigenvalue weighted by molar-refractivity contribution is 0.274. The first-order valence-electron chi connectivity index (χ1n) is 6.36. The van der Waals surface area contributed by atoms with Crippen molar-refractivity contribution in [1.82, 2.24) is 10.2 Å². The average Bonchev–Trinajstić information content (AvgIpc) is 2.88. The van der Waals surface area contributed by atoms with Gasteiger partial charge in [-0.15, -0.1) is 0 Å². The number of nitrogens with zero attached hydrogens (tertiary/aromatic N) is 1. The smallest absolute Gasteiger partial charge is 0.0341 e. The van der Waals surface area contributed by atoms with E-state index in [-0.39, 0.29) is 0 Å². The zero-order valence-corrected chi connectivity index (χ0v) is 9.95. The maximum atomic E-state index is 3.64. The summed E-state index contributed by atoms with van der Waals surface area (Å²) in [7, 11) is 2.26. The van der Waals surface area contributed by atoms with E-state index in [9.17, 15) is 0 Å². The van der Waals surface area contributed by atoms with Crippen LogP contribution < -0.4 is 5.32 Å². The largest absolute Gasteiger partial charge is 0.306 e. The lowest BCUT2D eigenvalue weighted by Crippen LogP contribution is -2.29. The molecule has 2 atom stereocenters. The molecule has 1 aromatic carbocycles. The zero-order valence-electron chi connectivity index (χ0n) is 9.95. The van der Waals surface area contributed by atoms with Crippen LogP contribution in [0.4, 0.5) is 0 Å². The second-order valence-electron chi connectivity index (χ2n) is 5.14. The van der Waals surface area contributed by atoms with Gasteiger partial charge in [-0.3, -0.25) is 0 Å². The molecule has 1 fully saturated rings. The molecule has 2 aliphatic heterocycles. The van der Waals surface area contributed by atoms with Crippen LogP contribution in [0.25, 0.3) is 0 Å². The zero-order chi connectivity index (χ0) is 11.0. The lowest BCUT2D eigenvalue weighted by atomic mass is 9.98. The Morgan fingerprint density at radius 2 is 2.25 bits per heavy atom. The van der Waals surface area contributed by atoms with E-state index in [1.54, 1.807) is 0 Å². The van der Waals surface area contributed by atoms with Gasteiger partial charge in [-0.2, -0.15) is 0 Å². The Bertz CT molecular complexity index is 375. The summed E-state index contributed by atoms with van der Waals surface area (Å²) in [6, 6.07) is 10.2. The molecular formula is C14H20N2. The van der Waals surface area contributed by atoms with Gasteiger partial charge in [-0.25, -0.2) is 0 Å². The first-order valence-corrected chi connectivity index (χ1v) is 6.36. The standard InChI is InChI=1S/C14H20N2/c1-16-8-4-6-12(16)9-14-13-7-3-2-5-11(13)10-15-14/h2-3,5,7,12,14-15H,4,6,8-10H2,1H3. The predicted molar refractivity (Wildman–Crippen MR) is 66.3 cm³/mol. The van der Waals surface area contributed by atoms with Crippen LogP contribution in [-0.2, 0) is 6.54 Å². The first-order chi connectivity index (χ1) is 7.84. The molecule has 0 saturated carbocycles. The van der Waals surface area contributed by atoms with Crippen molar-refractivity contribution < 1.29 is 0 Å². The maximum absolute atomic E-state index is 3.64. The molecule has 2 unspecified atom stereocenters. The monoisotopic (exact) mass is 216 g/mol. The van der Waals surface area contributed by atoms with E-state index in [0.717, 1.165) is 12.6 Å². The van der Waals surface area contributed by atoms with Crippen molar-refractivity contribution >= 4 is 0 Å². The van der Waals surface area contributed by atoms with Gasteiger partial charge in [0.15, 0.2) is 0 Å². The fourth-order valence-corrected chi connectivity index (χ4v) is 3.14. The van der Waals surface area contributed by atoms with Crippen molar-refractivity contribution in [2.45, 2.75) is 37.9 Å². The highest BCUT2D eigenvalue weighted by Crippen LogP contribution is 2.31. The van der Waals surface area contributed by atoms with Crippen molar-refractivity contribution in [2.24, 2.45) is 0 Å². The summed E-state index contributed by atoms with van der Waals surface area (Å²) in [6.07, 6.45) is 4.01. The third kappa shape index (κ3) is 1.76. The van der Waals surface area contributed by atoms with Crippen molar-refractivity contribution in [3.63, 3.8) is 0 Å². The van der Waals surface area contributed by atoms with Gasteiger partial charge in [0.2, 0.25) is 0 Å². The summed E-state index contributed by atoms with van der Waals surface area (Å²) >= 11 is 0. The first kappa shape index (κ1) is 10.3. The van der Waals surface area contributed by atoms with Crippen LogP contribution in [-0.4, -0.2) is 24.5 Å². The SMILES string of the molecule is CN1CCCC1CC1NCc2ccccc21. The second-order valence-corrected chi connectivity index (χ2v) is 5.14. The van der Waals surface area contributed by atoms with Crippen LogP contribution >= 0.6 is 0 Å². The highest BCUT2D eigenvalue weighted by Gasteiger charge is 2.28. The molecule has 86 valence electrons. The molecule has 0 aliphatic carbocycles. The number of rotatable bonds is 2. The quantitative estimate of drug-likeness (QED) is 0.816. The number of likely N-dealkylation sites (tertiary alicyclic amines) is 1. The molecule has 0 aromatic heterocycles. The van der Waals surface area contributed by atoms with Crippen LogP contribution in [0.3, 0.4) is 0 Å². The van der Waals surface area contributed by atoms with E-state index < -0.39 is 0 Å². The van der Waals surface area contributed by atoms with E-state index in [1.165, 1.54) is 36.9 Å². The topological polar surface area (TPSA) is 15.3 Å². The van der Waals surface area contributed by atoms with Crippen molar-refractivity contribution in [2.75, 3.05) is 13.6 Å². The number of benzene rings is 1. The van der Waals surface area contributed by atoms with Crippen LogP contribution in [0.2, 0.25) is 0 Å². The van der Waals surface area contributed by atoms with E-state index in [2.05, 4.69) is 41.5 Å². The predicted octanol–water partition coefficient (Wildman–Crippen LogP) is 2.32. The van der Waals surface area contributed by atoms with Gasteiger partial charge in [-0.05, 0) is 44.0 Å². The van der Waals surface area contributed by atoms with Gasteiger partial charge in [0.05, 0.1) is 0 Å². The van der Waals surface area contributed by atoms with Gasteiger partial charge < -0.3 is 10.2 Å². The van der Waals surface area contributed by atoms with Crippen molar-refractivity contribution in [3.8, 4) is 0 Å². The molecular weight excluding hydrogens is 196 g/mol. The Balaban J connectivity index is 1.73. The summed E-state index contributed by atoms with van der Waals surface area (Å²) < 4.78 is 0. The van der Waals surface area contributed by atoms with E-state index in [0.29, 0.717) is 6.04 Å². The summed E-state index contributed by atoms with van der Waals surface area (Å²) in [5.41, 5.74) is 3.02. The maximum Gasteiger partial charge on any atom is 0.0341 e. The van der Waals surface area contributed by atoms with Crippen LogP contribution in [0.15, 0.2) is 24.3 Å². The molecule has 2 heteroatoms. The van der Waals surface area contributed by atoms with Gasteiger partial charge in [0.1, 0.15) is 0 Å². The molecule has 0 bridgehead atoms. The normalized spacial score (nSPS) is 29.6. The third-order valence-corrected chi connectivity index (χ3v) is 4.15. The van der Waals surface area contributed by atoms with Gasteiger partial charge in [0.25, 0.3) is 0 Å². The third-order valence-electron chi connectivity index (χ3n) is 4.15. The lowest BCUT2D eigenvalue weighted by Gasteiger charge is -2.23. The minimum Gasteiger partial charge on any atom is -0.306 e. The molecule has 1 saturated heterocycles. The fraction of sp³-hybridized carbons (Fsp3) is 0.571. The minimum atomic E-state index is 0.585. The summed E-state index contributed by atoms with van der Waals surface area (Å²) in [5, 5.41) is 3.64. The minimum absolute atomic E-state index is 0.585. The second kappa shape index (κ2) is 4.19. The van der Waals surface area contributed by atoms with Gasteiger partial charge >= 0.3 is 0 Å². The molecule has 2 heterocycles. The molecule has 0 amide bonds. The molecule has 1 N–H and O–H groups in total. The van der Waals surface area contributed by atoms with Gasteiger partial charge in [0, 0.05) is 18.6 Å². The van der Waals surface area contributed by atoms with E-state index >= 15 is 0 Å². The molecule has 0 spiro atoms. The molecule has 2 aliphatic rings. The summed E-state index contributed by atoms with van der Waals surface area (Å²) in [6.45, 7) is 2.33. The molecule has 16 heavy (non-hydrogen) atoms. The van der Waals surface area contributed by atoms with Crippen molar-refractivity contribution in [3.05, 3.63) is 35.4 Å². The number of hydrogen-bond acceptors (Lipinski definition) is 2. The highest BCUT2D eigenvalue weighted by atomic mass is 15.1. The summed E-state index contributed by atoms with van der Waals surface area (Å²) in [5.74, 6) is 0. The fourth-order valence-electron chi connectivity index (χ4n) is 3.14. The average molecular weight is 216 g/mol. The Hall–Kier alpha value is -0.860. The van der Waals surface area contributed by atoms with Crippen LogP contribution in [0.1, 0.15) is 36.4 Å². The van der Waals surface area contributed by atoms with Gasteiger partial charge in [-0.1, -0.05) is 24.3 Å².